The molecule has 5 heteroatoms. The summed E-state index contributed by atoms with van der Waals surface area (Å²) in [6, 6.07) is 26.6. The van der Waals surface area contributed by atoms with Crippen LogP contribution in [0, 0.1) is 0 Å². The maximum absolute atomic E-state index is 11.4. The maximum atomic E-state index is 11.4. The Morgan fingerprint density at radius 1 is 0.774 bits per heavy atom. The van der Waals surface area contributed by atoms with E-state index < -0.39 is 0 Å². The molecule has 0 saturated carbocycles. The first-order valence-corrected chi connectivity index (χ1v) is 11.7. The van der Waals surface area contributed by atoms with Gasteiger partial charge in [0.1, 0.15) is 0 Å². The van der Waals surface area contributed by atoms with E-state index in [1.54, 1.807) is 14.2 Å². The summed E-state index contributed by atoms with van der Waals surface area (Å²) >= 11 is 0.0661. The molecule has 4 nitrogen and oxygen atoms in total. The first kappa shape index (κ1) is 22.7. The van der Waals surface area contributed by atoms with Gasteiger partial charge in [-0.15, -0.1) is 0 Å². The minimum absolute atomic E-state index is 0.0661. The second kappa shape index (κ2) is 11.4. The van der Waals surface area contributed by atoms with Gasteiger partial charge in [0.05, 0.1) is 0 Å². The van der Waals surface area contributed by atoms with Gasteiger partial charge in [0.15, 0.2) is 0 Å². The Morgan fingerprint density at radius 3 is 1.74 bits per heavy atom. The molecule has 0 fully saturated rings. The van der Waals surface area contributed by atoms with Gasteiger partial charge < -0.3 is 0 Å². The molecule has 0 aromatic heterocycles. The second-order valence-electron chi connectivity index (χ2n) is 6.76. The van der Waals surface area contributed by atoms with Crippen LogP contribution >= 0.6 is 0 Å². The second-order valence-corrected chi connectivity index (χ2v) is 9.21. The van der Waals surface area contributed by atoms with Gasteiger partial charge in [-0.1, -0.05) is 0 Å². The summed E-state index contributed by atoms with van der Waals surface area (Å²) in [6.45, 7) is 1.80. The molecular formula is C26H26O4Se. The van der Waals surface area contributed by atoms with E-state index in [1.165, 1.54) is 15.9 Å². The Bertz CT molecular complexity index is 960. The van der Waals surface area contributed by atoms with E-state index in [9.17, 15) is 4.79 Å². The molecule has 0 amide bonds. The SMILES string of the molecule is COc1ccc(C(=C(CCOC(C)=O)[Se]c2ccccc2)c2ccc(OC)cc2)cc1. The van der Waals surface area contributed by atoms with Gasteiger partial charge in [-0.3, -0.25) is 0 Å². The van der Waals surface area contributed by atoms with Crippen LogP contribution in [0.1, 0.15) is 24.5 Å². The van der Waals surface area contributed by atoms with Crippen LogP contribution < -0.4 is 13.9 Å². The van der Waals surface area contributed by atoms with Crippen molar-refractivity contribution in [2.45, 2.75) is 13.3 Å². The third kappa shape index (κ3) is 6.48. The van der Waals surface area contributed by atoms with Crippen molar-refractivity contribution in [3.63, 3.8) is 0 Å². The van der Waals surface area contributed by atoms with Crippen LogP contribution in [-0.4, -0.2) is 41.8 Å². The van der Waals surface area contributed by atoms with Crippen LogP contribution in [0.3, 0.4) is 0 Å². The van der Waals surface area contributed by atoms with Gasteiger partial charge in [-0.05, 0) is 0 Å². The van der Waals surface area contributed by atoms with Crippen LogP contribution in [0.4, 0.5) is 0 Å². The minimum atomic E-state index is -0.262. The molecule has 160 valence electrons. The van der Waals surface area contributed by atoms with Crippen molar-refractivity contribution in [3.8, 4) is 11.5 Å². The zero-order valence-corrected chi connectivity index (χ0v) is 19.7. The van der Waals surface area contributed by atoms with Crippen molar-refractivity contribution in [2.24, 2.45) is 0 Å². The number of rotatable bonds is 9. The Hall–Kier alpha value is -3.01. The predicted molar refractivity (Wildman–Crippen MR) is 125 cm³/mol. The predicted octanol–water partition coefficient (Wildman–Crippen LogP) is 4.45. The van der Waals surface area contributed by atoms with Crippen LogP contribution in [0.2, 0.25) is 0 Å². The number of ether oxygens (including phenoxy) is 3. The number of hydrogen-bond acceptors (Lipinski definition) is 4. The molecule has 31 heavy (non-hydrogen) atoms. The first-order valence-electron chi connectivity index (χ1n) is 9.99. The summed E-state index contributed by atoms with van der Waals surface area (Å²) in [5.74, 6) is 1.36. The Morgan fingerprint density at radius 2 is 1.29 bits per heavy atom. The topological polar surface area (TPSA) is 44.8 Å². The van der Waals surface area contributed by atoms with E-state index in [2.05, 4.69) is 48.5 Å². The molecule has 0 aliphatic heterocycles. The van der Waals surface area contributed by atoms with Gasteiger partial charge in [0.25, 0.3) is 0 Å². The van der Waals surface area contributed by atoms with Crippen molar-refractivity contribution >= 4 is 31.0 Å². The van der Waals surface area contributed by atoms with E-state index in [1.807, 2.05) is 30.3 Å². The molecule has 0 atom stereocenters. The monoisotopic (exact) mass is 482 g/mol. The van der Waals surface area contributed by atoms with E-state index in [0.29, 0.717) is 13.0 Å². The van der Waals surface area contributed by atoms with E-state index in [-0.39, 0.29) is 20.9 Å². The number of carbonyl (C=O) groups is 1. The van der Waals surface area contributed by atoms with Crippen molar-refractivity contribution in [3.05, 3.63) is 94.5 Å². The summed E-state index contributed by atoms with van der Waals surface area (Å²) in [7, 11) is 3.33. The van der Waals surface area contributed by atoms with Gasteiger partial charge in [0.2, 0.25) is 0 Å². The third-order valence-electron chi connectivity index (χ3n) is 4.65. The van der Waals surface area contributed by atoms with Crippen LogP contribution in [0.15, 0.2) is 83.3 Å². The summed E-state index contributed by atoms with van der Waals surface area (Å²) in [5, 5.41) is 0. The molecule has 0 saturated heterocycles. The molecule has 3 aromatic carbocycles. The third-order valence-corrected chi connectivity index (χ3v) is 7.09. The fourth-order valence-electron chi connectivity index (χ4n) is 3.15. The number of esters is 1. The molecule has 0 N–H and O–H groups in total. The molecule has 0 unspecified atom stereocenters. The van der Waals surface area contributed by atoms with Crippen LogP contribution in [-0.2, 0) is 9.53 Å². The Kier molecular flexibility index (Phi) is 8.34. The standard InChI is InChI=1S/C26H26O4Se/c1-19(27)30-18-17-25(31-24-7-5-4-6-8-24)26(20-9-13-22(28-2)14-10-20)21-11-15-23(29-3)16-12-21/h4-16H,17-18H2,1-3H3. The summed E-state index contributed by atoms with van der Waals surface area (Å²) < 4.78 is 18.5. The number of methoxy groups -OCH3 is 2. The molecule has 3 rings (SSSR count). The van der Waals surface area contributed by atoms with Gasteiger partial charge in [-0.2, -0.15) is 0 Å². The normalized spacial score (nSPS) is 10.3. The summed E-state index contributed by atoms with van der Waals surface area (Å²) in [6.07, 6.45) is 0.669. The fraction of sp³-hybridized carbons (Fsp3) is 0.192. The molecular weight excluding hydrogens is 455 g/mol. The summed E-state index contributed by atoms with van der Waals surface area (Å²) in [5.41, 5.74) is 3.35. The summed E-state index contributed by atoms with van der Waals surface area (Å²) in [4.78, 5) is 11.4. The van der Waals surface area contributed by atoms with Gasteiger partial charge in [-0.25, -0.2) is 0 Å². The molecule has 0 aliphatic rings. The van der Waals surface area contributed by atoms with Crippen molar-refractivity contribution in [1.82, 2.24) is 0 Å². The number of benzene rings is 3. The molecule has 3 aromatic rings. The van der Waals surface area contributed by atoms with Crippen LogP contribution in [0.5, 0.6) is 11.5 Å². The molecule has 0 radical (unpaired) electrons. The van der Waals surface area contributed by atoms with Crippen molar-refractivity contribution in [1.29, 1.82) is 0 Å². The van der Waals surface area contributed by atoms with Gasteiger partial charge in [0, 0.05) is 0 Å². The average molecular weight is 481 g/mol. The Balaban J connectivity index is 2.11. The molecule has 0 spiro atoms. The van der Waals surface area contributed by atoms with Crippen molar-refractivity contribution in [2.75, 3.05) is 20.8 Å². The van der Waals surface area contributed by atoms with E-state index in [0.717, 1.165) is 28.2 Å². The zero-order valence-electron chi connectivity index (χ0n) is 18.0. The van der Waals surface area contributed by atoms with Crippen LogP contribution in [0.25, 0.3) is 5.57 Å². The molecule has 0 heterocycles. The first-order chi connectivity index (χ1) is 15.1. The molecule has 0 bridgehead atoms. The zero-order chi connectivity index (χ0) is 22.1. The quantitative estimate of drug-likeness (QED) is 0.335. The van der Waals surface area contributed by atoms with E-state index >= 15 is 0 Å². The Labute approximate surface area is 190 Å². The number of carbonyl (C=O) groups excluding carboxylic acids is 1. The van der Waals surface area contributed by atoms with Crippen molar-refractivity contribution < 1.29 is 19.0 Å². The number of hydrogen-bond donors (Lipinski definition) is 0. The van der Waals surface area contributed by atoms with E-state index in [4.69, 9.17) is 14.2 Å². The fourth-order valence-corrected chi connectivity index (χ4v) is 5.46. The average Bonchev–Trinajstić information content (AvgIpc) is 2.80. The molecule has 0 aliphatic carbocycles. The van der Waals surface area contributed by atoms with Gasteiger partial charge >= 0.3 is 190 Å².